The van der Waals surface area contributed by atoms with E-state index in [0.29, 0.717) is 12.8 Å². The van der Waals surface area contributed by atoms with Gasteiger partial charge in [-0.05, 0) is 43.0 Å². The van der Waals surface area contributed by atoms with Crippen LogP contribution in [0.25, 0.3) is 10.9 Å². The maximum atomic E-state index is 14.3. The van der Waals surface area contributed by atoms with Gasteiger partial charge in [0.05, 0.1) is 62.6 Å². The molecule has 17 nitrogen and oxygen atoms in total. The first-order chi connectivity index (χ1) is 23.6. The van der Waals surface area contributed by atoms with E-state index in [2.05, 4.69) is 20.5 Å². The molecule has 2 heterocycles. The smallest absolute Gasteiger partial charge is 0.435 e. The molecule has 0 radical (unpaired) electrons. The first-order valence-electron chi connectivity index (χ1n) is 15.6. The van der Waals surface area contributed by atoms with Gasteiger partial charge in [0.25, 0.3) is 10.0 Å². The van der Waals surface area contributed by atoms with Crippen LogP contribution in [0.15, 0.2) is 53.4 Å². The van der Waals surface area contributed by atoms with E-state index >= 15 is 0 Å². The molecule has 2 atom stereocenters. The molecule has 1 saturated carbocycles. The number of rotatable bonds is 12. The van der Waals surface area contributed by atoms with Crippen LogP contribution in [0, 0.1) is 0 Å². The molecule has 2 aromatic carbocycles. The normalized spacial score (nSPS) is 17.1. The van der Waals surface area contributed by atoms with Gasteiger partial charge in [-0.3, -0.25) is 10.2 Å². The van der Waals surface area contributed by atoms with Crippen molar-refractivity contribution in [3.05, 3.63) is 54.1 Å². The molecule has 1 saturated heterocycles. The first kappa shape index (κ1) is 36.0. The second-order valence-corrected chi connectivity index (χ2v) is 13.3. The lowest BCUT2D eigenvalue weighted by atomic mass is 10.0. The molecule has 1 aliphatic heterocycles. The van der Waals surface area contributed by atoms with Crippen molar-refractivity contribution < 1.29 is 56.4 Å². The monoisotopic (exact) mass is 705 g/mol. The van der Waals surface area contributed by atoms with E-state index in [4.69, 9.17) is 23.8 Å². The summed E-state index contributed by atoms with van der Waals surface area (Å²) in [5.74, 6) is -0.160. The Morgan fingerprint density at radius 2 is 1.73 bits per heavy atom. The van der Waals surface area contributed by atoms with E-state index in [1.165, 1.54) is 18.2 Å². The number of fused-ring (bicyclic) bond motifs is 1. The number of sulfonamides is 1. The topological polar surface area (TPSA) is 206 Å². The number of benzene rings is 2. The Labute approximate surface area is 282 Å². The predicted molar refractivity (Wildman–Crippen MR) is 171 cm³/mol. The van der Waals surface area contributed by atoms with Crippen LogP contribution < -0.4 is 10.6 Å². The van der Waals surface area contributed by atoms with Crippen LogP contribution in [-0.2, 0) is 45.0 Å². The minimum atomic E-state index is -4.52. The third kappa shape index (κ3) is 9.02. The standard InChI is InChI=1S/C31H39N5O12S/c1-43-29(38)33-28-24-15-23(12-13-26(24)36(34-28)31(40)44-2)49(41,42)35(48-21-10-6-7-11-21)16-27(37)25(14-20-8-4-3-5-9-20)32-30(39)47-22-17-45-19-46-18-22/h3-5,8-9,12-13,15,21-22,25,27,37H,6-7,10-11,14,16-19H2,1-2H3,(H,32,39)(H,33,34,38). The van der Waals surface area contributed by atoms with Crippen molar-refractivity contribution >= 4 is 45.0 Å². The Hall–Kier alpha value is -4.33. The van der Waals surface area contributed by atoms with Crippen molar-refractivity contribution in [2.45, 2.75) is 61.4 Å². The maximum Gasteiger partial charge on any atom is 0.435 e. The Balaban J connectivity index is 1.45. The number of nitrogens with zero attached hydrogens (tertiary/aromatic N) is 3. The quantitative estimate of drug-likeness (QED) is 0.183. The molecule has 2 aliphatic rings. The van der Waals surface area contributed by atoms with Crippen molar-refractivity contribution in [3.8, 4) is 0 Å². The molecule has 2 unspecified atom stereocenters. The Bertz CT molecular complexity index is 1710. The summed E-state index contributed by atoms with van der Waals surface area (Å²) in [6, 6.07) is 11.8. The van der Waals surface area contributed by atoms with Gasteiger partial charge in [-0.25, -0.2) is 22.8 Å². The zero-order chi connectivity index (χ0) is 35.0. The summed E-state index contributed by atoms with van der Waals surface area (Å²) in [4.78, 5) is 43.1. The molecule has 49 heavy (non-hydrogen) atoms. The Morgan fingerprint density at radius 1 is 1.02 bits per heavy atom. The van der Waals surface area contributed by atoms with Crippen LogP contribution in [0.2, 0.25) is 0 Å². The number of nitrogens with one attached hydrogen (secondary N) is 2. The lowest BCUT2D eigenvalue weighted by molar-refractivity contribution is -0.153. The fourth-order valence-electron chi connectivity index (χ4n) is 5.50. The van der Waals surface area contributed by atoms with Gasteiger partial charge in [-0.15, -0.1) is 5.10 Å². The molecule has 3 N–H and O–H groups in total. The number of amides is 2. The summed E-state index contributed by atoms with van der Waals surface area (Å²) in [6.45, 7) is -0.203. The summed E-state index contributed by atoms with van der Waals surface area (Å²) >= 11 is 0. The highest BCUT2D eigenvalue weighted by molar-refractivity contribution is 7.89. The third-order valence-electron chi connectivity index (χ3n) is 7.99. The number of aromatic nitrogens is 2. The van der Waals surface area contributed by atoms with E-state index in [9.17, 15) is 27.9 Å². The molecule has 5 rings (SSSR count). The number of anilines is 1. The van der Waals surface area contributed by atoms with Crippen molar-refractivity contribution in [1.82, 2.24) is 19.6 Å². The number of carbonyl (C=O) groups excluding carboxylic acids is 3. The molecule has 266 valence electrons. The van der Waals surface area contributed by atoms with E-state index < -0.39 is 59.2 Å². The zero-order valence-corrected chi connectivity index (χ0v) is 27.8. The SMILES string of the molecule is COC(=O)Nc1nn(C(=O)OC)c2ccc(S(=O)(=O)N(CC(O)C(Cc3ccccc3)NC(=O)OC3COCOC3)OC3CCCC3)cc12. The molecule has 1 aliphatic carbocycles. The van der Waals surface area contributed by atoms with Gasteiger partial charge in [0.1, 0.15) is 6.79 Å². The summed E-state index contributed by atoms with van der Waals surface area (Å²) in [6.07, 6.45) is -2.22. The molecule has 18 heteroatoms. The van der Waals surface area contributed by atoms with E-state index in [1.54, 1.807) is 12.1 Å². The molecule has 0 spiro atoms. The number of hydrogen-bond acceptors (Lipinski definition) is 13. The largest absolute Gasteiger partial charge is 0.453 e. The van der Waals surface area contributed by atoms with Crippen LogP contribution in [0.1, 0.15) is 31.2 Å². The van der Waals surface area contributed by atoms with Crippen molar-refractivity contribution in [1.29, 1.82) is 0 Å². The van der Waals surface area contributed by atoms with Gasteiger partial charge in [0.2, 0.25) is 0 Å². The van der Waals surface area contributed by atoms with Gasteiger partial charge in [-0.1, -0.05) is 47.6 Å². The fourth-order valence-corrected chi connectivity index (χ4v) is 6.83. The molecule has 2 amide bonds. The molecular weight excluding hydrogens is 666 g/mol. The fraction of sp³-hybridized carbons (Fsp3) is 0.484. The van der Waals surface area contributed by atoms with Gasteiger partial charge < -0.3 is 34.1 Å². The number of aliphatic hydroxyl groups is 1. The second-order valence-electron chi connectivity index (χ2n) is 11.4. The number of hydroxylamine groups is 1. The third-order valence-corrected chi connectivity index (χ3v) is 9.61. The van der Waals surface area contributed by atoms with Crippen LogP contribution in [0.3, 0.4) is 0 Å². The number of carbonyl (C=O) groups is 3. The Kier molecular flexibility index (Phi) is 12.0. The van der Waals surface area contributed by atoms with Crippen LogP contribution in [0.4, 0.5) is 20.2 Å². The average Bonchev–Trinajstić information content (AvgIpc) is 3.76. The van der Waals surface area contributed by atoms with Gasteiger partial charge in [0.15, 0.2) is 11.9 Å². The van der Waals surface area contributed by atoms with Gasteiger partial charge >= 0.3 is 18.3 Å². The zero-order valence-electron chi connectivity index (χ0n) is 27.0. The highest BCUT2D eigenvalue weighted by Gasteiger charge is 2.35. The number of hydrogen-bond donors (Lipinski definition) is 3. The van der Waals surface area contributed by atoms with Crippen LogP contribution in [-0.4, -0.2) is 111 Å². The molecule has 1 aromatic heterocycles. The number of ether oxygens (including phenoxy) is 5. The highest BCUT2D eigenvalue weighted by Crippen LogP contribution is 2.30. The molecule has 0 bridgehead atoms. The number of methoxy groups -OCH3 is 2. The van der Waals surface area contributed by atoms with Crippen LogP contribution >= 0.6 is 0 Å². The van der Waals surface area contributed by atoms with Crippen LogP contribution in [0.5, 0.6) is 0 Å². The second kappa shape index (κ2) is 16.4. The minimum Gasteiger partial charge on any atom is -0.453 e. The van der Waals surface area contributed by atoms with Gasteiger partial charge in [-0.2, -0.15) is 4.68 Å². The molecule has 2 fully saturated rings. The predicted octanol–water partition coefficient (Wildman–Crippen LogP) is 2.77. The molecular formula is C31H39N5O12S. The lowest BCUT2D eigenvalue weighted by Crippen LogP contribution is -2.52. The van der Waals surface area contributed by atoms with E-state index in [0.717, 1.165) is 41.8 Å². The van der Waals surface area contributed by atoms with E-state index in [-0.39, 0.29) is 48.0 Å². The van der Waals surface area contributed by atoms with E-state index in [1.807, 2.05) is 18.2 Å². The molecule has 3 aromatic rings. The number of aliphatic hydroxyl groups excluding tert-OH is 1. The lowest BCUT2D eigenvalue weighted by Gasteiger charge is -2.31. The maximum absolute atomic E-state index is 14.3. The summed E-state index contributed by atoms with van der Waals surface area (Å²) in [7, 11) is -2.25. The van der Waals surface area contributed by atoms with Gasteiger partial charge in [0, 0.05) is 5.39 Å². The minimum absolute atomic E-state index is 0.0836. The summed E-state index contributed by atoms with van der Waals surface area (Å²) in [5, 5.41) is 20.8. The Morgan fingerprint density at radius 3 is 2.41 bits per heavy atom. The summed E-state index contributed by atoms with van der Waals surface area (Å²) in [5.41, 5.74) is 0.904. The number of alkyl carbamates (subject to hydrolysis) is 1. The highest BCUT2D eigenvalue weighted by atomic mass is 32.2. The van der Waals surface area contributed by atoms with Crippen molar-refractivity contribution in [2.75, 3.05) is 46.1 Å². The first-order valence-corrected chi connectivity index (χ1v) is 17.0. The van der Waals surface area contributed by atoms with Crippen molar-refractivity contribution in [3.63, 3.8) is 0 Å². The van der Waals surface area contributed by atoms with Crippen molar-refractivity contribution in [2.24, 2.45) is 0 Å². The average molecular weight is 706 g/mol. The summed E-state index contributed by atoms with van der Waals surface area (Å²) < 4.78 is 55.3.